The van der Waals surface area contributed by atoms with E-state index < -0.39 is 0 Å². The third-order valence-corrected chi connectivity index (χ3v) is 3.28. The molecule has 0 aromatic heterocycles. The van der Waals surface area contributed by atoms with E-state index in [1.54, 1.807) is 6.07 Å². The van der Waals surface area contributed by atoms with Crippen molar-refractivity contribution in [3.63, 3.8) is 0 Å². The van der Waals surface area contributed by atoms with Crippen LogP contribution in [-0.4, -0.2) is 10.2 Å². The molecule has 88 valence electrons. The number of aryl methyl sites for hydroxylation is 1. The second kappa shape index (κ2) is 4.13. The highest BCUT2D eigenvalue weighted by Gasteiger charge is 2.13. The van der Waals surface area contributed by atoms with Crippen LogP contribution in [-0.2, 0) is 0 Å². The Kier molecular flexibility index (Phi) is 2.80. The molecule has 2 nitrogen and oxygen atoms in total. The maximum absolute atomic E-state index is 9.71. The number of hydrogen-bond acceptors (Lipinski definition) is 2. The maximum atomic E-state index is 9.71. The van der Waals surface area contributed by atoms with Crippen LogP contribution in [0.1, 0.15) is 16.7 Å². The molecule has 0 saturated carbocycles. The summed E-state index contributed by atoms with van der Waals surface area (Å²) < 4.78 is 0. The van der Waals surface area contributed by atoms with Crippen LogP contribution in [0, 0.1) is 20.8 Å². The highest BCUT2D eigenvalue weighted by atomic mass is 16.3. The van der Waals surface area contributed by atoms with Crippen LogP contribution < -0.4 is 0 Å². The average molecular weight is 228 g/mol. The van der Waals surface area contributed by atoms with Gasteiger partial charge in [0.1, 0.15) is 0 Å². The number of phenolic OH excluding ortho intramolecular Hbond substituents is 2. The minimum absolute atomic E-state index is 0.0279. The molecule has 2 rings (SSSR count). The molecule has 0 saturated heterocycles. The van der Waals surface area contributed by atoms with Gasteiger partial charge in [-0.15, -0.1) is 0 Å². The van der Waals surface area contributed by atoms with Crippen molar-refractivity contribution < 1.29 is 10.2 Å². The molecule has 2 N–H and O–H groups in total. The predicted molar refractivity (Wildman–Crippen MR) is 69.4 cm³/mol. The van der Waals surface area contributed by atoms with Gasteiger partial charge < -0.3 is 10.2 Å². The van der Waals surface area contributed by atoms with Crippen molar-refractivity contribution in [2.75, 3.05) is 0 Å². The molecule has 2 aromatic rings. The third kappa shape index (κ3) is 1.86. The number of aromatic hydroxyl groups is 2. The van der Waals surface area contributed by atoms with Crippen LogP contribution >= 0.6 is 0 Å². The molecule has 0 amide bonds. The Hall–Kier alpha value is -1.96. The number of phenols is 2. The highest BCUT2D eigenvalue weighted by Crippen LogP contribution is 2.38. The van der Waals surface area contributed by atoms with Crippen LogP contribution in [0.4, 0.5) is 0 Å². The van der Waals surface area contributed by atoms with Crippen LogP contribution in [0.25, 0.3) is 11.1 Å². The van der Waals surface area contributed by atoms with Crippen molar-refractivity contribution in [1.82, 2.24) is 0 Å². The molecule has 0 bridgehead atoms. The summed E-state index contributed by atoms with van der Waals surface area (Å²) in [5.41, 5.74) is 4.93. The van der Waals surface area contributed by atoms with Crippen LogP contribution in [0.15, 0.2) is 30.3 Å². The van der Waals surface area contributed by atoms with Crippen LogP contribution in [0.2, 0.25) is 0 Å². The third-order valence-electron chi connectivity index (χ3n) is 3.28. The van der Waals surface area contributed by atoms with Gasteiger partial charge in [-0.25, -0.2) is 0 Å². The Bertz CT molecular complexity index is 571. The van der Waals surface area contributed by atoms with Crippen LogP contribution in [0.5, 0.6) is 11.5 Å². The Labute approximate surface area is 101 Å². The molecule has 0 spiro atoms. The van der Waals surface area contributed by atoms with Crippen molar-refractivity contribution in [2.45, 2.75) is 20.8 Å². The van der Waals surface area contributed by atoms with Crippen molar-refractivity contribution in [1.29, 1.82) is 0 Å². The molecule has 0 fully saturated rings. The zero-order valence-electron chi connectivity index (χ0n) is 10.3. The average Bonchev–Trinajstić information content (AvgIpc) is 2.32. The molecule has 0 aliphatic heterocycles. The van der Waals surface area contributed by atoms with Crippen molar-refractivity contribution in [2.24, 2.45) is 0 Å². The Morgan fingerprint density at radius 1 is 0.824 bits per heavy atom. The SMILES string of the molecule is Cc1ccccc1-c1cc(O)c(O)c(C)c1C. The molecule has 0 aliphatic carbocycles. The summed E-state index contributed by atoms with van der Waals surface area (Å²) in [6.07, 6.45) is 0. The normalized spacial score (nSPS) is 10.5. The molecule has 0 radical (unpaired) electrons. The highest BCUT2D eigenvalue weighted by molar-refractivity contribution is 5.75. The molecular formula is C15H16O2. The largest absolute Gasteiger partial charge is 0.504 e. The summed E-state index contributed by atoms with van der Waals surface area (Å²) in [7, 11) is 0. The van der Waals surface area contributed by atoms with Crippen molar-refractivity contribution >= 4 is 0 Å². The summed E-state index contributed by atoms with van der Waals surface area (Å²) in [4.78, 5) is 0. The number of rotatable bonds is 1. The zero-order valence-corrected chi connectivity index (χ0v) is 10.3. The summed E-state index contributed by atoms with van der Waals surface area (Å²) in [6, 6.07) is 9.64. The van der Waals surface area contributed by atoms with E-state index in [9.17, 15) is 10.2 Å². The van der Waals surface area contributed by atoms with Gasteiger partial charge in [0.25, 0.3) is 0 Å². The monoisotopic (exact) mass is 228 g/mol. The quantitative estimate of drug-likeness (QED) is 0.731. The van der Waals surface area contributed by atoms with Gasteiger partial charge >= 0.3 is 0 Å². The first-order valence-electron chi connectivity index (χ1n) is 5.60. The van der Waals surface area contributed by atoms with E-state index in [1.165, 1.54) is 0 Å². The van der Waals surface area contributed by atoms with Gasteiger partial charge in [-0.05, 0) is 54.7 Å². The summed E-state index contributed by atoms with van der Waals surface area (Å²) in [5.74, 6) is -0.0915. The topological polar surface area (TPSA) is 40.5 Å². The molecule has 0 unspecified atom stereocenters. The summed E-state index contributed by atoms with van der Waals surface area (Å²) in [5, 5.41) is 19.4. The van der Waals surface area contributed by atoms with Crippen molar-refractivity contribution in [3.8, 4) is 22.6 Å². The number of benzene rings is 2. The Balaban J connectivity index is 2.73. The minimum Gasteiger partial charge on any atom is -0.504 e. The standard InChI is InChI=1S/C15H16O2/c1-9-6-4-5-7-12(9)13-8-14(16)15(17)11(3)10(13)2/h4-8,16-17H,1-3H3. The maximum Gasteiger partial charge on any atom is 0.160 e. The summed E-state index contributed by atoms with van der Waals surface area (Å²) >= 11 is 0. The lowest BCUT2D eigenvalue weighted by atomic mass is 9.93. The van der Waals surface area contributed by atoms with E-state index in [0.717, 1.165) is 27.8 Å². The fourth-order valence-electron chi connectivity index (χ4n) is 2.04. The lowest BCUT2D eigenvalue weighted by molar-refractivity contribution is 0.401. The fraction of sp³-hybridized carbons (Fsp3) is 0.200. The van der Waals surface area contributed by atoms with E-state index >= 15 is 0 Å². The second-order valence-electron chi connectivity index (χ2n) is 4.36. The van der Waals surface area contributed by atoms with E-state index in [1.807, 2.05) is 45.0 Å². The zero-order chi connectivity index (χ0) is 12.6. The molecule has 0 atom stereocenters. The van der Waals surface area contributed by atoms with Gasteiger partial charge in [-0.2, -0.15) is 0 Å². The van der Waals surface area contributed by atoms with Gasteiger partial charge in [0.15, 0.2) is 11.5 Å². The first-order valence-corrected chi connectivity index (χ1v) is 5.60. The van der Waals surface area contributed by atoms with Gasteiger partial charge in [0.05, 0.1) is 0 Å². The Morgan fingerprint density at radius 3 is 2.12 bits per heavy atom. The lowest BCUT2D eigenvalue weighted by Crippen LogP contribution is -1.91. The van der Waals surface area contributed by atoms with Gasteiger partial charge in [-0.3, -0.25) is 0 Å². The first-order chi connectivity index (χ1) is 8.02. The molecule has 0 heterocycles. The Morgan fingerprint density at radius 2 is 1.47 bits per heavy atom. The van der Waals surface area contributed by atoms with E-state index in [-0.39, 0.29) is 11.5 Å². The molecule has 2 heteroatoms. The van der Waals surface area contributed by atoms with E-state index in [4.69, 9.17) is 0 Å². The molecule has 2 aromatic carbocycles. The van der Waals surface area contributed by atoms with Gasteiger partial charge in [-0.1, -0.05) is 24.3 Å². The van der Waals surface area contributed by atoms with E-state index in [2.05, 4.69) is 0 Å². The van der Waals surface area contributed by atoms with E-state index in [0.29, 0.717) is 0 Å². The lowest BCUT2D eigenvalue weighted by Gasteiger charge is -2.14. The second-order valence-corrected chi connectivity index (χ2v) is 4.36. The molecule has 0 aliphatic rings. The van der Waals surface area contributed by atoms with Crippen molar-refractivity contribution in [3.05, 3.63) is 47.0 Å². The number of hydrogen-bond donors (Lipinski definition) is 2. The molecule has 17 heavy (non-hydrogen) atoms. The molecular weight excluding hydrogens is 212 g/mol. The van der Waals surface area contributed by atoms with Gasteiger partial charge in [0.2, 0.25) is 0 Å². The smallest absolute Gasteiger partial charge is 0.160 e. The summed E-state index contributed by atoms with van der Waals surface area (Å²) in [6.45, 7) is 5.80. The predicted octanol–water partition coefficient (Wildman–Crippen LogP) is 3.69. The fourth-order valence-corrected chi connectivity index (χ4v) is 2.04. The first kappa shape index (κ1) is 11.5. The van der Waals surface area contributed by atoms with Crippen LogP contribution in [0.3, 0.4) is 0 Å². The minimum atomic E-state index is -0.0636. The van der Waals surface area contributed by atoms with Gasteiger partial charge in [0, 0.05) is 0 Å².